The molecule has 1 saturated heterocycles. The number of aliphatic imine (C=N–C) groups is 1. The molecule has 1 unspecified atom stereocenters. The number of carbonyl (C=O) groups is 1. The van der Waals surface area contributed by atoms with Gasteiger partial charge in [0.05, 0.1) is 12.6 Å². The third kappa shape index (κ3) is 7.44. The minimum atomic E-state index is 0. The van der Waals surface area contributed by atoms with Crippen LogP contribution in [-0.4, -0.2) is 64.3 Å². The van der Waals surface area contributed by atoms with Gasteiger partial charge in [-0.05, 0) is 32.3 Å². The highest BCUT2D eigenvalue weighted by Crippen LogP contribution is 2.13. The largest absolute Gasteiger partial charge is 0.358 e. The van der Waals surface area contributed by atoms with Gasteiger partial charge in [-0.2, -0.15) is 0 Å². The third-order valence-electron chi connectivity index (χ3n) is 5.79. The van der Waals surface area contributed by atoms with Crippen molar-refractivity contribution in [1.82, 2.24) is 35.6 Å². The van der Waals surface area contributed by atoms with Crippen LogP contribution in [0.5, 0.6) is 0 Å². The molecule has 10 heteroatoms. The number of benzene rings is 1. The zero-order valence-electron chi connectivity index (χ0n) is 19.3. The number of aromatic nitrogens is 3. The quantitative estimate of drug-likeness (QED) is 0.274. The predicted octanol–water partition coefficient (Wildman–Crippen LogP) is 1.75. The average Bonchev–Trinajstić information content (AvgIpc) is 3.11. The minimum absolute atomic E-state index is 0. The van der Waals surface area contributed by atoms with E-state index in [4.69, 9.17) is 4.99 Å². The van der Waals surface area contributed by atoms with Crippen LogP contribution in [0.25, 0.3) is 0 Å². The molecule has 1 aliphatic heterocycles. The SMILES string of the molecule is CNC(=O)CN1CCC(NC(=NCc2nnc(C)n2C)NC(C)c2ccccc2)CC1.I. The summed E-state index contributed by atoms with van der Waals surface area (Å²) in [5.41, 5.74) is 1.20. The highest BCUT2D eigenvalue weighted by atomic mass is 127. The summed E-state index contributed by atoms with van der Waals surface area (Å²) in [4.78, 5) is 18.6. The molecule has 1 fully saturated rings. The van der Waals surface area contributed by atoms with Crippen molar-refractivity contribution in [2.24, 2.45) is 12.0 Å². The van der Waals surface area contributed by atoms with Crippen LogP contribution in [0.2, 0.25) is 0 Å². The smallest absolute Gasteiger partial charge is 0.233 e. The van der Waals surface area contributed by atoms with Crippen LogP contribution in [0.4, 0.5) is 0 Å². The van der Waals surface area contributed by atoms with E-state index in [-0.39, 0.29) is 35.9 Å². The highest BCUT2D eigenvalue weighted by Gasteiger charge is 2.22. The maximum atomic E-state index is 11.6. The van der Waals surface area contributed by atoms with E-state index in [1.807, 2.05) is 36.7 Å². The lowest BCUT2D eigenvalue weighted by molar-refractivity contribution is -0.122. The van der Waals surface area contributed by atoms with Crippen LogP contribution < -0.4 is 16.0 Å². The van der Waals surface area contributed by atoms with Crippen LogP contribution in [0.3, 0.4) is 0 Å². The van der Waals surface area contributed by atoms with Crippen LogP contribution >= 0.6 is 24.0 Å². The van der Waals surface area contributed by atoms with E-state index in [9.17, 15) is 4.79 Å². The van der Waals surface area contributed by atoms with E-state index >= 15 is 0 Å². The van der Waals surface area contributed by atoms with Gasteiger partial charge in [-0.15, -0.1) is 34.2 Å². The lowest BCUT2D eigenvalue weighted by atomic mass is 10.1. The molecule has 176 valence electrons. The fourth-order valence-corrected chi connectivity index (χ4v) is 3.61. The van der Waals surface area contributed by atoms with Crippen molar-refractivity contribution in [1.29, 1.82) is 0 Å². The van der Waals surface area contributed by atoms with E-state index in [2.05, 4.69) is 50.1 Å². The molecule has 1 aliphatic rings. The van der Waals surface area contributed by atoms with Crippen molar-refractivity contribution in [3.05, 3.63) is 47.5 Å². The molecular weight excluding hydrogens is 519 g/mol. The van der Waals surface area contributed by atoms with Crippen molar-refractivity contribution in [3.63, 3.8) is 0 Å². The summed E-state index contributed by atoms with van der Waals surface area (Å²) >= 11 is 0. The Bertz CT molecular complexity index is 877. The van der Waals surface area contributed by atoms with Gasteiger partial charge in [0, 0.05) is 33.2 Å². The van der Waals surface area contributed by atoms with Gasteiger partial charge in [-0.1, -0.05) is 30.3 Å². The molecule has 9 nitrogen and oxygen atoms in total. The second-order valence-corrected chi connectivity index (χ2v) is 8.03. The van der Waals surface area contributed by atoms with Crippen molar-refractivity contribution < 1.29 is 4.79 Å². The summed E-state index contributed by atoms with van der Waals surface area (Å²) in [6, 6.07) is 10.7. The van der Waals surface area contributed by atoms with Crippen LogP contribution in [0, 0.1) is 6.92 Å². The minimum Gasteiger partial charge on any atom is -0.358 e. The Morgan fingerprint density at radius 2 is 1.91 bits per heavy atom. The number of carbonyl (C=O) groups excluding carboxylic acids is 1. The summed E-state index contributed by atoms with van der Waals surface area (Å²) in [5.74, 6) is 2.52. The predicted molar refractivity (Wildman–Crippen MR) is 137 cm³/mol. The Morgan fingerprint density at radius 1 is 1.22 bits per heavy atom. The molecule has 1 aromatic carbocycles. The molecule has 0 aliphatic carbocycles. The standard InChI is InChI=1S/C22H34N8O.HI/c1-16(18-8-6-5-7-9-18)25-22(24-14-20-28-27-17(2)29(20)4)26-19-10-12-30(13-11-19)15-21(31)23-3;/h5-9,16,19H,10-15H2,1-4H3,(H,23,31)(H2,24,25,26);1H. The number of aryl methyl sites for hydroxylation is 1. The zero-order chi connectivity index (χ0) is 22.2. The van der Waals surface area contributed by atoms with E-state index < -0.39 is 0 Å². The van der Waals surface area contributed by atoms with Gasteiger partial charge in [0.2, 0.25) is 5.91 Å². The number of likely N-dealkylation sites (tertiary alicyclic amines) is 1. The van der Waals surface area contributed by atoms with E-state index in [0.717, 1.165) is 43.5 Å². The number of nitrogens with one attached hydrogen (secondary N) is 3. The number of piperidine rings is 1. The summed E-state index contributed by atoms with van der Waals surface area (Å²) < 4.78 is 1.96. The first-order valence-corrected chi connectivity index (χ1v) is 10.9. The summed E-state index contributed by atoms with van der Waals surface area (Å²) in [6.07, 6.45) is 1.92. The monoisotopic (exact) mass is 554 g/mol. The molecule has 1 aromatic heterocycles. The first kappa shape index (κ1) is 26.0. The van der Waals surface area contributed by atoms with Crippen molar-refractivity contribution >= 4 is 35.8 Å². The number of likely N-dealkylation sites (N-methyl/N-ethyl adjacent to an activating group) is 1. The maximum Gasteiger partial charge on any atom is 0.233 e. The van der Waals surface area contributed by atoms with Gasteiger partial charge in [-0.25, -0.2) is 4.99 Å². The van der Waals surface area contributed by atoms with E-state index in [1.165, 1.54) is 5.56 Å². The van der Waals surface area contributed by atoms with Crippen LogP contribution in [-0.2, 0) is 18.4 Å². The second-order valence-electron chi connectivity index (χ2n) is 8.03. The van der Waals surface area contributed by atoms with Crippen molar-refractivity contribution in [2.75, 3.05) is 26.7 Å². The molecule has 2 aromatic rings. The fourth-order valence-electron chi connectivity index (χ4n) is 3.61. The number of hydrogen-bond acceptors (Lipinski definition) is 5. The molecule has 3 N–H and O–H groups in total. The van der Waals surface area contributed by atoms with Crippen molar-refractivity contribution in [2.45, 2.75) is 45.3 Å². The van der Waals surface area contributed by atoms with Gasteiger partial charge >= 0.3 is 0 Å². The lowest BCUT2D eigenvalue weighted by Gasteiger charge is -2.33. The van der Waals surface area contributed by atoms with E-state index in [1.54, 1.807) is 7.05 Å². The molecule has 32 heavy (non-hydrogen) atoms. The van der Waals surface area contributed by atoms with Gasteiger partial charge in [0.25, 0.3) is 0 Å². The normalized spacial score (nSPS) is 16.2. The number of guanidine groups is 1. The number of halogens is 1. The Kier molecular flexibility index (Phi) is 10.4. The van der Waals surface area contributed by atoms with Crippen LogP contribution in [0.1, 0.15) is 43.0 Å². The first-order chi connectivity index (χ1) is 15.0. The number of nitrogens with zero attached hydrogens (tertiary/aromatic N) is 5. The average molecular weight is 554 g/mol. The molecule has 1 atom stereocenters. The Hall–Kier alpha value is -2.21. The topological polar surface area (TPSA) is 99.5 Å². The van der Waals surface area contributed by atoms with Gasteiger partial charge in [0.1, 0.15) is 12.4 Å². The third-order valence-corrected chi connectivity index (χ3v) is 5.79. The maximum absolute atomic E-state index is 11.6. The second kappa shape index (κ2) is 12.7. The molecular formula is C22H35IN8O. The van der Waals surface area contributed by atoms with Gasteiger partial charge in [-0.3, -0.25) is 9.69 Å². The summed E-state index contributed by atoms with van der Waals surface area (Å²) in [6.45, 7) is 6.74. The zero-order valence-corrected chi connectivity index (χ0v) is 21.7. The first-order valence-electron chi connectivity index (χ1n) is 10.9. The summed E-state index contributed by atoms with van der Waals surface area (Å²) in [7, 11) is 3.63. The van der Waals surface area contributed by atoms with Gasteiger partial charge < -0.3 is 20.5 Å². The number of amides is 1. The molecule has 0 spiro atoms. The fraction of sp³-hybridized carbons (Fsp3) is 0.545. The molecule has 0 radical (unpaired) electrons. The molecule has 1 amide bonds. The van der Waals surface area contributed by atoms with Crippen molar-refractivity contribution in [3.8, 4) is 0 Å². The Morgan fingerprint density at radius 3 is 2.50 bits per heavy atom. The summed E-state index contributed by atoms with van der Waals surface area (Å²) in [5, 5.41) is 18.2. The highest BCUT2D eigenvalue weighted by molar-refractivity contribution is 14.0. The molecule has 0 bridgehead atoms. The van der Waals surface area contributed by atoms with Crippen LogP contribution in [0.15, 0.2) is 35.3 Å². The Balaban J connectivity index is 0.00000363. The van der Waals surface area contributed by atoms with E-state index in [0.29, 0.717) is 19.1 Å². The molecule has 3 rings (SSSR count). The molecule has 0 saturated carbocycles. The lowest BCUT2D eigenvalue weighted by Crippen LogP contribution is -2.50. The number of hydrogen-bond donors (Lipinski definition) is 3. The Labute approximate surface area is 207 Å². The molecule has 2 heterocycles. The van der Waals surface area contributed by atoms with Gasteiger partial charge in [0.15, 0.2) is 11.8 Å². The number of rotatable bonds is 7.